The first-order valence-electron chi connectivity index (χ1n) is 7.42. The Morgan fingerprint density at radius 2 is 1.89 bits per heavy atom. The Kier molecular flexibility index (Phi) is 6.71. The normalized spacial score (nSPS) is 14.8. The average Bonchev–Trinajstić information content (AvgIpc) is 2.64. The first-order valence-corrected chi connectivity index (χ1v) is 8.22. The molecule has 0 aromatic heterocycles. The number of hydrogen-bond donors (Lipinski definition) is 0. The maximum Gasteiger partial charge on any atom is 0.422 e. The number of rotatable bonds is 5. The second kappa shape index (κ2) is 8.61. The predicted octanol–water partition coefficient (Wildman–Crippen LogP) is 2.78. The van der Waals surface area contributed by atoms with E-state index in [0.717, 1.165) is 14.2 Å². The molecule has 0 atom stereocenters. The maximum atomic E-state index is 12.6. The van der Waals surface area contributed by atoms with Gasteiger partial charge >= 0.3 is 18.1 Å². The molecule has 1 aromatic carbocycles. The van der Waals surface area contributed by atoms with Crippen molar-refractivity contribution in [3.8, 4) is 5.75 Å². The molecular formula is C16H15BrF3NO6. The first kappa shape index (κ1) is 21.0. The Labute approximate surface area is 160 Å². The minimum atomic E-state index is -4.56. The van der Waals surface area contributed by atoms with E-state index in [2.05, 4.69) is 20.7 Å². The van der Waals surface area contributed by atoms with Crippen LogP contribution in [0.2, 0.25) is 0 Å². The van der Waals surface area contributed by atoms with Crippen molar-refractivity contribution in [2.24, 2.45) is 0 Å². The van der Waals surface area contributed by atoms with Crippen molar-refractivity contribution in [3.63, 3.8) is 0 Å². The van der Waals surface area contributed by atoms with Crippen molar-refractivity contribution in [1.82, 2.24) is 0 Å². The summed E-state index contributed by atoms with van der Waals surface area (Å²) in [6, 6.07) is 4.30. The van der Waals surface area contributed by atoms with E-state index in [1.54, 1.807) is 0 Å². The molecule has 11 heteroatoms. The number of esters is 2. The lowest BCUT2D eigenvalue weighted by Gasteiger charge is -2.33. The van der Waals surface area contributed by atoms with Crippen LogP contribution < -0.4 is 9.64 Å². The Bertz CT molecular complexity index is 765. The zero-order valence-electron chi connectivity index (χ0n) is 14.3. The molecule has 0 saturated heterocycles. The molecule has 0 bridgehead atoms. The molecule has 1 aliphatic heterocycles. The van der Waals surface area contributed by atoms with Gasteiger partial charge in [-0.05, 0) is 28.1 Å². The number of carbonyl (C=O) groups is 2. The van der Waals surface area contributed by atoms with Gasteiger partial charge in [-0.1, -0.05) is 6.07 Å². The first-order chi connectivity index (χ1) is 12.7. The lowest BCUT2D eigenvalue weighted by Crippen LogP contribution is -2.39. The predicted molar refractivity (Wildman–Crippen MR) is 90.0 cm³/mol. The van der Waals surface area contributed by atoms with Gasteiger partial charge in [-0.25, -0.2) is 9.59 Å². The van der Waals surface area contributed by atoms with E-state index in [0.29, 0.717) is 4.47 Å². The lowest BCUT2D eigenvalue weighted by molar-refractivity contribution is -0.153. The average molecular weight is 454 g/mol. The van der Waals surface area contributed by atoms with Gasteiger partial charge in [-0.15, -0.1) is 0 Å². The van der Waals surface area contributed by atoms with Gasteiger partial charge in [-0.2, -0.15) is 13.2 Å². The molecule has 0 unspecified atom stereocenters. The van der Waals surface area contributed by atoms with Gasteiger partial charge in [0.05, 0.1) is 26.4 Å². The summed E-state index contributed by atoms with van der Waals surface area (Å²) < 4.78 is 57.6. The summed E-state index contributed by atoms with van der Waals surface area (Å²) in [5, 5.41) is 0. The Hall–Kier alpha value is -2.27. The minimum absolute atomic E-state index is 0.0725. The van der Waals surface area contributed by atoms with E-state index >= 15 is 0 Å². The molecule has 148 valence electrons. The molecule has 0 spiro atoms. The summed E-state index contributed by atoms with van der Waals surface area (Å²) in [6.07, 6.45) is -4.56. The van der Waals surface area contributed by atoms with E-state index in [1.807, 2.05) is 0 Å². The van der Waals surface area contributed by atoms with Gasteiger partial charge in [0.25, 0.3) is 0 Å². The van der Waals surface area contributed by atoms with Crippen LogP contribution >= 0.6 is 15.9 Å². The highest BCUT2D eigenvalue weighted by Gasteiger charge is 2.35. The third kappa shape index (κ3) is 4.92. The molecule has 0 N–H and O–H groups in total. The number of carbonyl (C=O) groups excluding carboxylic acids is 2. The summed E-state index contributed by atoms with van der Waals surface area (Å²) in [5.41, 5.74) is -0.268. The van der Waals surface area contributed by atoms with Gasteiger partial charge in [-0.3, -0.25) is 0 Å². The number of halogens is 4. The van der Waals surface area contributed by atoms with Gasteiger partial charge in [0.2, 0.25) is 0 Å². The monoisotopic (exact) mass is 453 g/mol. The SMILES string of the molecule is COC(=O)C1=C(C(=O)OC)N(c2c(Br)cccc2OCC(F)(F)F)COC1. The number of benzene rings is 1. The summed E-state index contributed by atoms with van der Waals surface area (Å²) in [4.78, 5) is 25.5. The molecule has 0 saturated carbocycles. The molecule has 0 aliphatic carbocycles. The zero-order chi connectivity index (χ0) is 20.2. The number of para-hydroxylation sites is 1. The van der Waals surface area contributed by atoms with Gasteiger partial charge in [0.1, 0.15) is 23.9 Å². The van der Waals surface area contributed by atoms with Crippen molar-refractivity contribution < 1.29 is 41.7 Å². The topological polar surface area (TPSA) is 74.3 Å². The number of anilines is 1. The van der Waals surface area contributed by atoms with E-state index in [9.17, 15) is 22.8 Å². The Balaban J connectivity index is 2.57. The number of ether oxygens (including phenoxy) is 4. The molecular weight excluding hydrogens is 439 g/mol. The van der Waals surface area contributed by atoms with E-state index < -0.39 is 24.7 Å². The highest BCUT2D eigenvalue weighted by Crippen LogP contribution is 2.40. The van der Waals surface area contributed by atoms with Crippen LogP contribution in [0.1, 0.15) is 0 Å². The van der Waals surface area contributed by atoms with E-state index in [4.69, 9.17) is 14.2 Å². The fourth-order valence-corrected chi connectivity index (χ4v) is 2.92. The fourth-order valence-electron chi connectivity index (χ4n) is 2.35. The van der Waals surface area contributed by atoms with Crippen LogP contribution in [0.3, 0.4) is 0 Å². The van der Waals surface area contributed by atoms with Crippen molar-refractivity contribution in [1.29, 1.82) is 0 Å². The van der Waals surface area contributed by atoms with Crippen LogP contribution in [0.25, 0.3) is 0 Å². The molecule has 1 aromatic rings. The number of methoxy groups -OCH3 is 2. The molecule has 1 heterocycles. The second-order valence-electron chi connectivity index (χ2n) is 5.21. The summed E-state index contributed by atoms with van der Waals surface area (Å²) in [5.74, 6) is -1.88. The lowest BCUT2D eigenvalue weighted by atomic mass is 10.1. The highest BCUT2D eigenvalue weighted by molar-refractivity contribution is 9.10. The molecule has 0 radical (unpaired) electrons. The largest absolute Gasteiger partial charge is 0.482 e. The smallest absolute Gasteiger partial charge is 0.422 e. The highest BCUT2D eigenvalue weighted by atomic mass is 79.9. The fraction of sp³-hybridized carbons (Fsp3) is 0.375. The molecule has 0 amide bonds. The van der Waals surface area contributed by atoms with Gasteiger partial charge in [0, 0.05) is 4.47 Å². The van der Waals surface area contributed by atoms with Gasteiger partial charge in [0.15, 0.2) is 6.61 Å². The molecule has 27 heavy (non-hydrogen) atoms. The van der Waals surface area contributed by atoms with Crippen LogP contribution in [-0.4, -0.2) is 52.3 Å². The maximum absolute atomic E-state index is 12.6. The van der Waals surface area contributed by atoms with E-state index in [-0.39, 0.29) is 36.0 Å². The zero-order valence-corrected chi connectivity index (χ0v) is 15.8. The van der Waals surface area contributed by atoms with Crippen molar-refractivity contribution in [2.75, 3.05) is 39.1 Å². The Morgan fingerprint density at radius 1 is 1.22 bits per heavy atom. The molecule has 7 nitrogen and oxygen atoms in total. The van der Waals surface area contributed by atoms with Gasteiger partial charge < -0.3 is 23.8 Å². The van der Waals surface area contributed by atoms with Crippen molar-refractivity contribution in [2.45, 2.75) is 6.18 Å². The van der Waals surface area contributed by atoms with Crippen molar-refractivity contribution in [3.05, 3.63) is 33.9 Å². The standard InChI is InChI=1S/C16H15BrF3NO6/c1-24-14(22)9-6-26-8-21(12(9)15(23)25-2)13-10(17)4-3-5-11(13)27-7-16(18,19)20/h3-5H,6-8H2,1-2H3. The van der Waals surface area contributed by atoms with Crippen LogP contribution in [0.5, 0.6) is 5.75 Å². The van der Waals surface area contributed by atoms with Crippen molar-refractivity contribution >= 4 is 33.6 Å². The van der Waals surface area contributed by atoms with Crippen LogP contribution in [0, 0.1) is 0 Å². The third-order valence-electron chi connectivity index (χ3n) is 3.44. The summed E-state index contributed by atoms with van der Waals surface area (Å²) >= 11 is 3.23. The van der Waals surface area contributed by atoms with Crippen LogP contribution in [0.15, 0.2) is 33.9 Å². The Morgan fingerprint density at radius 3 is 2.48 bits per heavy atom. The second-order valence-corrected chi connectivity index (χ2v) is 6.06. The number of nitrogens with zero attached hydrogens (tertiary/aromatic N) is 1. The van der Waals surface area contributed by atoms with E-state index in [1.165, 1.54) is 23.1 Å². The summed E-state index contributed by atoms with van der Waals surface area (Å²) in [6.45, 7) is -1.99. The molecule has 1 aliphatic rings. The number of alkyl halides is 3. The minimum Gasteiger partial charge on any atom is -0.482 e. The molecule has 2 rings (SSSR count). The van der Waals surface area contributed by atoms with Crippen LogP contribution in [-0.2, 0) is 23.8 Å². The van der Waals surface area contributed by atoms with Crippen LogP contribution in [0.4, 0.5) is 18.9 Å². The summed E-state index contributed by atoms with van der Waals surface area (Å²) in [7, 11) is 2.23. The number of hydrogen-bond acceptors (Lipinski definition) is 7. The third-order valence-corrected chi connectivity index (χ3v) is 4.08. The molecule has 0 fully saturated rings. The quantitative estimate of drug-likeness (QED) is 0.634.